The maximum absolute atomic E-state index is 13.2. The van der Waals surface area contributed by atoms with Crippen LogP contribution in [0.4, 0.5) is 11.4 Å². The molecule has 0 spiro atoms. The Labute approximate surface area is 212 Å². The number of hydrogen-bond donors (Lipinski definition) is 3. The van der Waals surface area contributed by atoms with Crippen LogP contribution in [0.2, 0.25) is 10.0 Å². The second-order valence-corrected chi connectivity index (χ2v) is 8.68. The molecule has 1 aromatic heterocycles. The molecule has 178 valence electrons. The maximum atomic E-state index is 13.2. The third-order valence-electron chi connectivity index (χ3n) is 5.58. The maximum Gasteiger partial charge on any atom is 0.328 e. The molecule has 0 saturated heterocycles. The Bertz CT molecular complexity index is 1460. The van der Waals surface area contributed by atoms with Crippen molar-refractivity contribution in [2.24, 2.45) is 0 Å². The lowest BCUT2D eigenvalue weighted by atomic mass is 10.1. The quantitative estimate of drug-likeness (QED) is 0.298. The molecule has 0 aliphatic carbocycles. The number of fused-ring (bicyclic) bond motifs is 1. The van der Waals surface area contributed by atoms with Crippen LogP contribution in [0.15, 0.2) is 66.7 Å². The standard InChI is InChI=1S/C26H22Cl2N4O3/c1-3-16-7-4-5-9-21(16)30-25(34)26(35)31-32-22-12-11-18(27)13-17(22)14-23(32)24(33)29-20-10-6-8-19(28)15(20)2/h4-14H,3H2,1-2H3,(H,29,33)(H,30,34)(H,31,35). The topological polar surface area (TPSA) is 92.2 Å². The molecule has 0 atom stereocenters. The van der Waals surface area contributed by atoms with Gasteiger partial charge in [0.25, 0.3) is 5.91 Å². The second-order valence-electron chi connectivity index (χ2n) is 7.84. The van der Waals surface area contributed by atoms with E-state index in [0.29, 0.717) is 44.3 Å². The predicted octanol–water partition coefficient (Wildman–Crippen LogP) is 5.78. The number of carbonyl (C=O) groups excluding carboxylic acids is 3. The van der Waals surface area contributed by atoms with Gasteiger partial charge in [-0.3, -0.25) is 19.8 Å². The molecule has 0 aliphatic heterocycles. The molecule has 3 amide bonds. The van der Waals surface area contributed by atoms with Crippen LogP contribution in [-0.4, -0.2) is 22.4 Å². The molecule has 4 aromatic rings. The van der Waals surface area contributed by atoms with Crippen LogP contribution in [-0.2, 0) is 16.0 Å². The number of hydrogen-bond acceptors (Lipinski definition) is 3. The van der Waals surface area contributed by atoms with Crippen molar-refractivity contribution in [3.05, 3.63) is 93.6 Å². The van der Waals surface area contributed by atoms with Gasteiger partial charge in [0.1, 0.15) is 5.69 Å². The number of nitrogens with zero attached hydrogens (tertiary/aromatic N) is 1. The van der Waals surface area contributed by atoms with E-state index in [9.17, 15) is 14.4 Å². The highest BCUT2D eigenvalue weighted by molar-refractivity contribution is 6.42. The molecule has 0 radical (unpaired) electrons. The van der Waals surface area contributed by atoms with E-state index in [1.54, 1.807) is 61.5 Å². The van der Waals surface area contributed by atoms with Crippen LogP contribution >= 0.6 is 23.2 Å². The van der Waals surface area contributed by atoms with Crippen molar-refractivity contribution in [1.29, 1.82) is 0 Å². The first-order chi connectivity index (χ1) is 16.8. The molecular weight excluding hydrogens is 487 g/mol. The Morgan fingerprint density at radius 3 is 2.37 bits per heavy atom. The molecular formula is C26H22Cl2N4O3. The van der Waals surface area contributed by atoms with Crippen molar-refractivity contribution in [3.8, 4) is 0 Å². The second kappa shape index (κ2) is 10.2. The fraction of sp³-hybridized carbons (Fsp3) is 0.115. The van der Waals surface area contributed by atoms with Crippen LogP contribution in [0, 0.1) is 6.92 Å². The molecule has 0 unspecified atom stereocenters. The molecule has 4 rings (SSSR count). The van der Waals surface area contributed by atoms with Crippen molar-refractivity contribution in [3.63, 3.8) is 0 Å². The Hall–Kier alpha value is -3.81. The van der Waals surface area contributed by atoms with Gasteiger partial charge in [-0.05, 0) is 66.9 Å². The number of anilines is 2. The van der Waals surface area contributed by atoms with E-state index < -0.39 is 17.7 Å². The molecule has 0 saturated carbocycles. The number of nitrogens with one attached hydrogen (secondary N) is 3. The van der Waals surface area contributed by atoms with Crippen LogP contribution in [0.5, 0.6) is 0 Å². The molecule has 9 heteroatoms. The summed E-state index contributed by atoms with van der Waals surface area (Å²) in [7, 11) is 0. The van der Waals surface area contributed by atoms with E-state index in [1.807, 2.05) is 19.1 Å². The molecule has 3 N–H and O–H groups in total. The van der Waals surface area contributed by atoms with Gasteiger partial charge < -0.3 is 10.6 Å². The fourth-order valence-electron chi connectivity index (χ4n) is 3.68. The lowest BCUT2D eigenvalue weighted by Gasteiger charge is -2.14. The zero-order valence-electron chi connectivity index (χ0n) is 19.0. The summed E-state index contributed by atoms with van der Waals surface area (Å²) in [5.41, 5.74) is 5.82. The Morgan fingerprint density at radius 1 is 0.857 bits per heavy atom. The zero-order valence-corrected chi connectivity index (χ0v) is 20.5. The first kappa shape index (κ1) is 24.3. The number of halogens is 2. The number of para-hydroxylation sites is 1. The van der Waals surface area contributed by atoms with E-state index in [-0.39, 0.29) is 5.69 Å². The Kier molecular flexibility index (Phi) is 7.10. The molecule has 1 heterocycles. The van der Waals surface area contributed by atoms with Gasteiger partial charge in [-0.15, -0.1) is 0 Å². The number of rotatable bonds is 5. The number of aromatic nitrogens is 1. The van der Waals surface area contributed by atoms with E-state index in [2.05, 4.69) is 16.1 Å². The number of aryl methyl sites for hydroxylation is 1. The third kappa shape index (κ3) is 5.16. The summed E-state index contributed by atoms with van der Waals surface area (Å²) in [5.74, 6) is -2.30. The van der Waals surface area contributed by atoms with Gasteiger partial charge in [0.05, 0.1) is 5.52 Å². The monoisotopic (exact) mass is 508 g/mol. The smallest absolute Gasteiger partial charge is 0.320 e. The van der Waals surface area contributed by atoms with Gasteiger partial charge in [0.15, 0.2) is 0 Å². The van der Waals surface area contributed by atoms with Crippen LogP contribution in [0.3, 0.4) is 0 Å². The van der Waals surface area contributed by atoms with Crippen molar-refractivity contribution in [1.82, 2.24) is 4.68 Å². The van der Waals surface area contributed by atoms with Crippen molar-refractivity contribution in [2.75, 3.05) is 16.1 Å². The van der Waals surface area contributed by atoms with Crippen molar-refractivity contribution >= 4 is 63.2 Å². The third-order valence-corrected chi connectivity index (χ3v) is 6.22. The van der Waals surface area contributed by atoms with E-state index >= 15 is 0 Å². The lowest BCUT2D eigenvalue weighted by molar-refractivity contribution is -0.133. The minimum atomic E-state index is -0.934. The fourth-order valence-corrected chi connectivity index (χ4v) is 4.04. The number of amides is 3. The predicted molar refractivity (Wildman–Crippen MR) is 140 cm³/mol. The van der Waals surface area contributed by atoms with Gasteiger partial charge >= 0.3 is 11.8 Å². The van der Waals surface area contributed by atoms with E-state index in [0.717, 1.165) is 5.56 Å². The average molecular weight is 509 g/mol. The number of carbonyl (C=O) groups is 3. The normalized spacial score (nSPS) is 10.7. The highest BCUT2D eigenvalue weighted by Crippen LogP contribution is 2.26. The lowest BCUT2D eigenvalue weighted by Crippen LogP contribution is -2.36. The summed E-state index contributed by atoms with van der Waals surface area (Å²) in [6.07, 6.45) is 0.689. The summed E-state index contributed by atoms with van der Waals surface area (Å²) in [4.78, 5) is 38.7. The van der Waals surface area contributed by atoms with Gasteiger partial charge in [0, 0.05) is 26.8 Å². The minimum absolute atomic E-state index is 0.108. The first-order valence-corrected chi connectivity index (χ1v) is 11.6. The number of benzene rings is 3. The summed E-state index contributed by atoms with van der Waals surface area (Å²) in [6.45, 7) is 3.74. The molecule has 0 fully saturated rings. The van der Waals surface area contributed by atoms with Gasteiger partial charge in [-0.25, -0.2) is 4.68 Å². The zero-order chi connectivity index (χ0) is 25.1. The molecule has 0 bridgehead atoms. The van der Waals surface area contributed by atoms with E-state index in [4.69, 9.17) is 23.2 Å². The van der Waals surface area contributed by atoms with E-state index in [1.165, 1.54) is 4.68 Å². The molecule has 7 nitrogen and oxygen atoms in total. The SMILES string of the molecule is CCc1ccccc1NC(=O)C(=O)Nn1c(C(=O)Nc2cccc(Cl)c2C)cc2cc(Cl)ccc21. The molecule has 3 aromatic carbocycles. The first-order valence-electron chi connectivity index (χ1n) is 10.9. The molecule has 35 heavy (non-hydrogen) atoms. The van der Waals surface area contributed by atoms with Crippen LogP contribution in [0.1, 0.15) is 28.5 Å². The summed E-state index contributed by atoms with van der Waals surface area (Å²) in [6, 6.07) is 18.9. The van der Waals surface area contributed by atoms with Crippen LogP contribution < -0.4 is 16.1 Å². The van der Waals surface area contributed by atoms with Crippen molar-refractivity contribution < 1.29 is 14.4 Å². The summed E-state index contributed by atoms with van der Waals surface area (Å²) in [5, 5.41) is 7.03. The minimum Gasteiger partial charge on any atom is -0.320 e. The van der Waals surface area contributed by atoms with Gasteiger partial charge in [0.2, 0.25) is 0 Å². The van der Waals surface area contributed by atoms with Crippen LogP contribution in [0.25, 0.3) is 10.9 Å². The van der Waals surface area contributed by atoms with Crippen molar-refractivity contribution in [2.45, 2.75) is 20.3 Å². The average Bonchev–Trinajstić information content (AvgIpc) is 3.19. The van der Waals surface area contributed by atoms with Gasteiger partial charge in [-0.2, -0.15) is 0 Å². The Balaban J connectivity index is 1.65. The highest BCUT2D eigenvalue weighted by Gasteiger charge is 2.22. The summed E-state index contributed by atoms with van der Waals surface area (Å²) < 4.78 is 1.27. The van der Waals surface area contributed by atoms with Gasteiger partial charge in [-0.1, -0.05) is 54.4 Å². The molecule has 0 aliphatic rings. The summed E-state index contributed by atoms with van der Waals surface area (Å²) >= 11 is 12.3. The Morgan fingerprint density at radius 2 is 1.60 bits per heavy atom. The highest BCUT2D eigenvalue weighted by atomic mass is 35.5. The largest absolute Gasteiger partial charge is 0.328 e.